The third kappa shape index (κ3) is 2.10. The summed E-state index contributed by atoms with van der Waals surface area (Å²) in [7, 11) is 0. The molecule has 3 fully saturated rings. The van der Waals surface area contributed by atoms with Gasteiger partial charge in [-0.2, -0.15) is 11.3 Å². The summed E-state index contributed by atoms with van der Waals surface area (Å²) >= 11 is 1.79. The minimum Gasteiger partial charge on any atom is -0.308 e. The van der Waals surface area contributed by atoms with Crippen LogP contribution in [0.2, 0.25) is 0 Å². The smallest absolute Gasteiger partial charge is 0.0227 e. The van der Waals surface area contributed by atoms with E-state index in [-0.39, 0.29) is 0 Å². The zero-order valence-electron chi connectivity index (χ0n) is 8.98. The van der Waals surface area contributed by atoms with Crippen LogP contribution in [0.25, 0.3) is 0 Å². The van der Waals surface area contributed by atoms with Gasteiger partial charge in [-0.1, -0.05) is 0 Å². The van der Waals surface area contributed by atoms with Crippen LogP contribution in [-0.4, -0.2) is 30.6 Å². The van der Waals surface area contributed by atoms with Crippen LogP contribution in [-0.2, 0) is 6.54 Å². The molecule has 0 saturated carbocycles. The number of rotatable bonds is 3. The number of piperidine rings is 3. The quantitative estimate of drug-likeness (QED) is 0.840. The fraction of sp³-hybridized carbons (Fsp3) is 0.667. The van der Waals surface area contributed by atoms with Crippen molar-refractivity contribution in [2.24, 2.45) is 5.92 Å². The molecule has 1 atom stereocenters. The Morgan fingerprint density at radius 2 is 2.27 bits per heavy atom. The molecule has 0 spiro atoms. The Kier molecular flexibility index (Phi) is 2.77. The molecule has 1 aromatic heterocycles. The molecule has 1 N–H and O–H groups in total. The first-order valence-electron chi connectivity index (χ1n) is 5.88. The Hall–Kier alpha value is -0.380. The lowest BCUT2D eigenvalue weighted by molar-refractivity contribution is 0.0720. The van der Waals surface area contributed by atoms with E-state index in [0.717, 1.165) is 18.5 Å². The van der Waals surface area contributed by atoms with Gasteiger partial charge in [0.25, 0.3) is 0 Å². The van der Waals surface area contributed by atoms with Gasteiger partial charge in [-0.05, 0) is 54.2 Å². The fourth-order valence-corrected chi connectivity index (χ4v) is 3.51. The second-order valence-corrected chi connectivity index (χ2v) is 5.54. The molecule has 3 aliphatic rings. The van der Waals surface area contributed by atoms with Gasteiger partial charge >= 0.3 is 0 Å². The normalized spacial score (nSPS) is 34.5. The van der Waals surface area contributed by atoms with E-state index in [1.807, 2.05) is 0 Å². The van der Waals surface area contributed by atoms with E-state index in [2.05, 4.69) is 27.0 Å². The molecule has 3 heteroatoms. The lowest BCUT2D eigenvalue weighted by Gasteiger charge is -2.45. The van der Waals surface area contributed by atoms with Crippen molar-refractivity contribution in [3.8, 4) is 0 Å². The standard InChI is InChI=1S/C12H18N2S/c1-4-14-5-2-11(1)12(8-14)13-7-10-3-6-15-9-10/h3,6,9,11-13H,1-2,4-5,7-8H2/t12-/m1/s1. The Morgan fingerprint density at radius 1 is 1.40 bits per heavy atom. The van der Waals surface area contributed by atoms with Crippen molar-refractivity contribution in [3.05, 3.63) is 22.4 Å². The largest absolute Gasteiger partial charge is 0.308 e. The van der Waals surface area contributed by atoms with Crippen LogP contribution in [0.5, 0.6) is 0 Å². The summed E-state index contributed by atoms with van der Waals surface area (Å²) in [5.74, 6) is 0.939. The van der Waals surface area contributed by atoms with Crippen LogP contribution in [0.1, 0.15) is 18.4 Å². The molecule has 4 heterocycles. The summed E-state index contributed by atoms with van der Waals surface area (Å²) in [4.78, 5) is 2.60. The zero-order chi connectivity index (χ0) is 10.1. The molecule has 0 aliphatic carbocycles. The van der Waals surface area contributed by atoms with E-state index in [4.69, 9.17) is 0 Å². The number of nitrogens with zero attached hydrogens (tertiary/aromatic N) is 1. The van der Waals surface area contributed by atoms with Crippen LogP contribution in [0.15, 0.2) is 16.8 Å². The lowest BCUT2D eigenvalue weighted by atomic mass is 9.84. The Labute approximate surface area is 95.3 Å². The third-order valence-corrected chi connectivity index (χ3v) is 4.54. The van der Waals surface area contributed by atoms with Gasteiger partial charge in [0.05, 0.1) is 0 Å². The molecule has 3 aliphatic heterocycles. The van der Waals surface area contributed by atoms with Crippen molar-refractivity contribution in [2.45, 2.75) is 25.4 Å². The van der Waals surface area contributed by atoms with E-state index in [9.17, 15) is 0 Å². The number of fused-ring (bicyclic) bond motifs is 3. The van der Waals surface area contributed by atoms with Crippen molar-refractivity contribution in [3.63, 3.8) is 0 Å². The fourth-order valence-electron chi connectivity index (χ4n) is 2.84. The summed E-state index contributed by atoms with van der Waals surface area (Å²) in [5.41, 5.74) is 1.44. The second-order valence-electron chi connectivity index (χ2n) is 4.76. The van der Waals surface area contributed by atoms with Gasteiger partial charge in [-0.3, -0.25) is 0 Å². The van der Waals surface area contributed by atoms with Crippen molar-refractivity contribution < 1.29 is 0 Å². The van der Waals surface area contributed by atoms with Crippen LogP contribution in [0, 0.1) is 5.92 Å². The van der Waals surface area contributed by atoms with Gasteiger partial charge in [0, 0.05) is 19.1 Å². The zero-order valence-corrected chi connectivity index (χ0v) is 9.80. The second kappa shape index (κ2) is 4.24. The highest BCUT2D eigenvalue weighted by molar-refractivity contribution is 7.07. The Balaban J connectivity index is 1.55. The monoisotopic (exact) mass is 222 g/mol. The Bertz CT molecular complexity index is 301. The summed E-state index contributed by atoms with van der Waals surface area (Å²) < 4.78 is 0. The van der Waals surface area contributed by atoms with Gasteiger partial charge < -0.3 is 10.2 Å². The topological polar surface area (TPSA) is 15.3 Å². The van der Waals surface area contributed by atoms with E-state index < -0.39 is 0 Å². The number of nitrogens with one attached hydrogen (secondary N) is 1. The molecule has 0 radical (unpaired) electrons. The summed E-state index contributed by atoms with van der Waals surface area (Å²) in [6.45, 7) is 5.00. The van der Waals surface area contributed by atoms with Crippen LogP contribution >= 0.6 is 11.3 Å². The van der Waals surface area contributed by atoms with Gasteiger partial charge in [-0.25, -0.2) is 0 Å². The minimum absolute atomic E-state index is 0.743. The van der Waals surface area contributed by atoms with Gasteiger partial charge in [0.15, 0.2) is 0 Å². The molecule has 0 unspecified atom stereocenters. The Morgan fingerprint density at radius 3 is 2.87 bits per heavy atom. The predicted molar refractivity (Wildman–Crippen MR) is 64.1 cm³/mol. The third-order valence-electron chi connectivity index (χ3n) is 3.80. The van der Waals surface area contributed by atoms with E-state index in [0.29, 0.717) is 0 Å². The average Bonchev–Trinajstić information content (AvgIpc) is 2.81. The molecule has 2 bridgehead atoms. The number of thiophene rings is 1. The van der Waals surface area contributed by atoms with Crippen molar-refractivity contribution in [2.75, 3.05) is 19.6 Å². The molecule has 0 aromatic carbocycles. The number of hydrogen-bond acceptors (Lipinski definition) is 3. The predicted octanol–water partition coefficient (Wildman–Crippen LogP) is 1.93. The molecule has 4 rings (SSSR count). The number of hydrogen-bond donors (Lipinski definition) is 1. The van der Waals surface area contributed by atoms with Gasteiger partial charge in [0.2, 0.25) is 0 Å². The molecule has 3 saturated heterocycles. The first-order valence-corrected chi connectivity index (χ1v) is 6.83. The van der Waals surface area contributed by atoms with E-state index >= 15 is 0 Å². The van der Waals surface area contributed by atoms with Crippen LogP contribution < -0.4 is 5.32 Å². The highest BCUT2D eigenvalue weighted by atomic mass is 32.1. The molecule has 0 amide bonds. The lowest BCUT2D eigenvalue weighted by Crippen LogP contribution is -2.55. The minimum atomic E-state index is 0.743. The SMILES string of the molecule is c1cc(CN[C@@H]2CN3CCC2CC3)cs1. The maximum atomic E-state index is 3.72. The van der Waals surface area contributed by atoms with E-state index in [1.165, 1.54) is 38.0 Å². The van der Waals surface area contributed by atoms with Crippen LogP contribution in [0.4, 0.5) is 0 Å². The first kappa shape index (κ1) is 9.82. The van der Waals surface area contributed by atoms with Crippen LogP contribution in [0.3, 0.4) is 0 Å². The van der Waals surface area contributed by atoms with E-state index in [1.54, 1.807) is 11.3 Å². The summed E-state index contributed by atoms with van der Waals surface area (Å²) in [6.07, 6.45) is 2.81. The average molecular weight is 222 g/mol. The first-order chi connectivity index (χ1) is 7.42. The molecule has 1 aromatic rings. The molecule has 82 valence electrons. The summed E-state index contributed by atoms with van der Waals surface area (Å²) in [6, 6.07) is 2.96. The molecular weight excluding hydrogens is 204 g/mol. The maximum absolute atomic E-state index is 3.72. The molecule has 2 nitrogen and oxygen atoms in total. The highest BCUT2D eigenvalue weighted by Gasteiger charge is 2.33. The molecular formula is C12H18N2S. The van der Waals surface area contributed by atoms with Crippen molar-refractivity contribution >= 4 is 11.3 Å². The van der Waals surface area contributed by atoms with Crippen molar-refractivity contribution in [1.82, 2.24) is 10.2 Å². The highest BCUT2D eigenvalue weighted by Crippen LogP contribution is 2.27. The van der Waals surface area contributed by atoms with Gasteiger partial charge in [0.1, 0.15) is 0 Å². The molecule has 15 heavy (non-hydrogen) atoms. The van der Waals surface area contributed by atoms with Gasteiger partial charge in [-0.15, -0.1) is 0 Å². The van der Waals surface area contributed by atoms with Crippen molar-refractivity contribution in [1.29, 1.82) is 0 Å². The summed E-state index contributed by atoms with van der Waals surface area (Å²) in [5, 5.41) is 8.13. The maximum Gasteiger partial charge on any atom is 0.0227 e.